The minimum absolute atomic E-state index is 0.0179. The molecule has 3 N–H and O–H groups in total. The second-order valence-electron chi connectivity index (χ2n) is 9.56. The quantitative estimate of drug-likeness (QED) is 0.348. The molecule has 10 nitrogen and oxygen atoms in total. The van der Waals surface area contributed by atoms with Gasteiger partial charge in [0.25, 0.3) is 11.8 Å². The number of hydrogen-bond donors (Lipinski definition) is 2. The number of amides is 2. The Balaban J connectivity index is 1.58. The number of carbonyl (C=O) groups is 2. The van der Waals surface area contributed by atoms with E-state index in [1.165, 1.54) is 35.0 Å². The number of imidazole rings is 1. The maximum Gasteiger partial charge on any atom is 0.417 e. The van der Waals surface area contributed by atoms with Gasteiger partial charge < -0.3 is 16.0 Å². The summed E-state index contributed by atoms with van der Waals surface area (Å²) in [6.45, 7) is 2.39. The summed E-state index contributed by atoms with van der Waals surface area (Å²) in [5.41, 5.74) is 5.65. The zero-order chi connectivity index (χ0) is 30.0. The fourth-order valence-electron chi connectivity index (χ4n) is 5.01. The summed E-state index contributed by atoms with van der Waals surface area (Å²) < 4.78 is 44.7. The van der Waals surface area contributed by atoms with E-state index < -0.39 is 17.6 Å². The molecule has 1 saturated heterocycles. The third-order valence-electron chi connectivity index (χ3n) is 6.90. The number of nitrogen functional groups attached to an aromatic ring is 1. The summed E-state index contributed by atoms with van der Waals surface area (Å²) in [6.07, 6.45) is -0.789. The van der Waals surface area contributed by atoms with Crippen molar-refractivity contribution in [2.24, 2.45) is 0 Å². The number of alkyl halides is 3. The van der Waals surface area contributed by atoms with E-state index in [2.05, 4.69) is 32.1 Å². The van der Waals surface area contributed by atoms with Gasteiger partial charge in [0.1, 0.15) is 11.6 Å². The van der Waals surface area contributed by atoms with Gasteiger partial charge >= 0.3 is 6.18 Å². The van der Waals surface area contributed by atoms with E-state index in [1.807, 2.05) is 6.07 Å². The van der Waals surface area contributed by atoms with Crippen molar-refractivity contribution in [2.45, 2.75) is 31.9 Å². The monoisotopic (exact) mass is 572 g/mol. The van der Waals surface area contributed by atoms with Gasteiger partial charge in [-0.15, -0.1) is 0 Å². The van der Waals surface area contributed by atoms with Gasteiger partial charge in [-0.2, -0.15) is 18.4 Å². The third kappa shape index (κ3) is 5.45. The molecule has 0 aliphatic carbocycles. The molecule has 5 rings (SSSR count). The van der Waals surface area contributed by atoms with Gasteiger partial charge in [-0.1, -0.05) is 5.92 Å². The van der Waals surface area contributed by atoms with Gasteiger partial charge in [-0.25, -0.2) is 15.0 Å². The highest BCUT2D eigenvalue weighted by Gasteiger charge is 2.37. The molecule has 1 unspecified atom stereocenters. The molecule has 3 aromatic heterocycles. The lowest BCUT2D eigenvalue weighted by atomic mass is 9.94. The average molecular weight is 573 g/mol. The average Bonchev–Trinajstić information content (AvgIpc) is 3.37. The maximum absolute atomic E-state index is 14.5. The molecule has 13 heteroatoms. The molecule has 4 heterocycles. The van der Waals surface area contributed by atoms with E-state index in [0.717, 1.165) is 12.1 Å². The third-order valence-corrected chi connectivity index (χ3v) is 6.90. The first-order valence-corrected chi connectivity index (χ1v) is 12.8. The predicted octanol–water partition coefficient (Wildman–Crippen LogP) is 4.25. The number of likely N-dealkylation sites (tertiary alicyclic amines) is 1. The van der Waals surface area contributed by atoms with E-state index in [4.69, 9.17) is 11.0 Å². The first kappa shape index (κ1) is 28.1. The molecule has 1 fully saturated rings. The Morgan fingerprint density at radius 2 is 1.93 bits per heavy atom. The fourth-order valence-corrected chi connectivity index (χ4v) is 5.01. The van der Waals surface area contributed by atoms with Crippen LogP contribution < -0.4 is 11.1 Å². The van der Waals surface area contributed by atoms with E-state index >= 15 is 0 Å². The minimum atomic E-state index is -4.86. The lowest BCUT2D eigenvalue weighted by Crippen LogP contribution is -2.38. The summed E-state index contributed by atoms with van der Waals surface area (Å²) >= 11 is 0. The molecule has 212 valence electrons. The van der Waals surface area contributed by atoms with Gasteiger partial charge in [-0.3, -0.25) is 14.0 Å². The summed E-state index contributed by atoms with van der Waals surface area (Å²) in [4.78, 5) is 39.5. The Kier molecular flexibility index (Phi) is 7.51. The number of aromatic nitrogens is 4. The van der Waals surface area contributed by atoms with Gasteiger partial charge in [0.15, 0.2) is 0 Å². The molecule has 42 heavy (non-hydrogen) atoms. The molecule has 0 saturated carbocycles. The lowest BCUT2D eigenvalue weighted by molar-refractivity contribution is -0.137. The first-order valence-electron chi connectivity index (χ1n) is 12.8. The Morgan fingerprint density at radius 1 is 1.14 bits per heavy atom. The van der Waals surface area contributed by atoms with Crippen molar-refractivity contribution in [3.05, 3.63) is 71.2 Å². The standard InChI is InChI=1S/C29H23F3N8O2/c1-2-4-24(41)39-12-3-5-19(16-39)25-22-9-11-36-28(34)40(22)26(38-25)20-7-6-18(14-21(20)29(30,31)32)27(42)37-23-13-17(15-33)8-10-35-23/h6-11,13-14,19H,3,5,12,16H2,1H3,(H2,34,36)(H,35,37,42). The SMILES string of the molecule is CC#CC(=O)N1CCCC(c2nc(-c3ccc(C(=O)Nc4cc(C#N)ccn4)cc3C(F)(F)F)n3c(N)nccc23)C1. The van der Waals surface area contributed by atoms with Crippen molar-refractivity contribution in [1.29, 1.82) is 5.26 Å². The van der Waals surface area contributed by atoms with Gasteiger partial charge in [-0.05, 0) is 62.1 Å². The summed E-state index contributed by atoms with van der Waals surface area (Å²) in [5, 5.41) is 11.5. The summed E-state index contributed by atoms with van der Waals surface area (Å²) in [5.74, 6) is 3.54. The Morgan fingerprint density at radius 3 is 2.67 bits per heavy atom. The Bertz CT molecular complexity index is 1810. The van der Waals surface area contributed by atoms with Crippen LogP contribution in [0.3, 0.4) is 0 Å². The summed E-state index contributed by atoms with van der Waals surface area (Å²) in [6, 6.07) is 9.39. The zero-order valence-electron chi connectivity index (χ0n) is 22.2. The van der Waals surface area contributed by atoms with Crippen LogP contribution in [0, 0.1) is 23.2 Å². The molecule has 2 amide bonds. The number of anilines is 2. The second-order valence-corrected chi connectivity index (χ2v) is 9.56. The van der Waals surface area contributed by atoms with Gasteiger partial charge in [0.05, 0.1) is 28.4 Å². The van der Waals surface area contributed by atoms with E-state index in [-0.39, 0.29) is 46.1 Å². The zero-order valence-corrected chi connectivity index (χ0v) is 22.2. The largest absolute Gasteiger partial charge is 0.417 e. The number of carbonyl (C=O) groups excluding carboxylic acids is 2. The van der Waals surface area contributed by atoms with Crippen LogP contribution in [0.1, 0.15) is 52.9 Å². The first-order chi connectivity index (χ1) is 20.1. The van der Waals surface area contributed by atoms with Crippen LogP contribution in [-0.2, 0) is 11.0 Å². The van der Waals surface area contributed by atoms with Crippen molar-refractivity contribution in [3.63, 3.8) is 0 Å². The number of rotatable bonds is 4. The van der Waals surface area contributed by atoms with Crippen LogP contribution in [-0.4, -0.2) is 49.2 Å². The van der Waals surface area contributed by atoms with Crippen LogP contribution in [0.25, 0.3) is 16.9 Å². The smallest absolute Gasteiger partial charge is 0.369 e. The minimum Gasteiger partial charge on any atom is -0.369 e. The number of piperidine rings is 1. The molecular formula is C29H23F3N8O2. The fraction of sp³-hybridized carbons (Fsp3) is 0.241. The molecule has 0 radical (unpaired) electrons. The van der Waals surface area contributed by atoms with Crippen molar-refractivity contribution in [1.82, 2.24) is 24.3 Å². The van der Waals surface area contributed by atoms with Crippen LogP contribution in [0.2, 0.25) is 0 Å². The van der Waals surface area contributed by atoms with Crippen LogP contribution in [0.5, 0.6) is 0 Å². The van der Waals surface area contributed by atoms with Crippen molar-refractivity contribution in [2.75, 3.05) is 24.1 Å². The number of nitrogens with zero attached hydrogens (tertiary/aromatic N) is 6. The van der Waals surface area contributed by atoms with Crippen LogP contribution >= 0.6 is 0 Å². The van der Waals surface area contributed by atoms with Crippen molar-refractivity contribution in [3.8, 4) is 29.3 Å². The highest BCUT2D eigenvalue weighted by molar-refractivity contribution is 6.04. The number of halogens is 3. The topological polar surface area (TPSA) is 142 Å². The molecule has 4 aromatic rings. The normalized spacial score (nSPS) is 15.0. The molecule has 0 bridgehead atoms. The van der Waals surface area contributed by atoms with Crippen molar-refractivity contribution < 1.29 is 22.8 Å². The number of nitrogens with two attached hydrogens (primary N) is 1. The number of fused-ring (bicyclic) bond motifs is 1. The van der Waals surface area contributed by atoms with Gasteiger partial charge in [0, 0.05) is 42.5 Å². The highest BCUT2D eigenvalue weighted by Crippen LogP contribution is 2.40. The second kappa shape index (κ2) is 11.2. The molecule has 1 aromatic carbocycles. The van der Waals surface area contributed by atoms with Crippen LogP contribution in [0.15, 0.2) is 48.8 Å². The Labute approximate surface area is 238 Å². The van der Waals surface area contributed by atoms with Crippen molar-refractivity contribution >= 4 is 29.1 Å². The predicted molar refractivity (Wildman–Crippen MR) is 147 cm³/mol. The molecular weight excluding hydrogens is 549 g/mol. The molecule has 1 aliphatic rings. The van der Waals surface area contributed by atoms with E-state index in [0.29, 0.717) is 37.1 Å². The number of hydrogen-bond acceptors (Lipinski definition) is 7. The number of benzene rings is 1. The highest BCUT2D eigenvalue weighted by atomic mass is 19.4. The maximum atomic E-state index is 14.5. The Hall–Kier alpha value is -5.43. The van der Waals surface area contributed by atoms with E-state index in [1.54, 1.807) is 17.9 Å². The molecule has 0 spiro atoms. The lowest BCUT2D eigenvalue weighted by Gasteiger charge is -2.30. The molecule has 1 atom stereocenters. The van der Waals surface area contributed by atoms with E-state index in [9.17, 15) is 22.8 Å². The molecule has 1 aliphatic heterocycles. The number of nitriles is 1. The number of nitrogens with one attached hydrogen (secondary N) is 1. The van der Waals surface area contributed by atoms with Crippen LogP contribution in [0.4, 0.5) is 24.9 Å². The summed E-state index contributed by atoms with van der Waals surface area (Å²) in [7, 11) is 0. The number of pyridine rings is 1. The van der Waals surface area contributed by atoms with Gasteiger partial charge in [0.2, 0.25) is 5.95 Å².